The van der Waals surface area contributed by atoms with Crippen LogP contribution in [0.15, 0.2) is 78.0 Å². The Morgan fingerprint density at radius 2 is 1.84 bits per heavy atom. The largest absolute Gasteiger partial charge is 0.598 e. The number of carbonyl (C=O) groups is 2. The number of nitrogens with one attached hydrogen (secondary N) is 3. The van der Waals surface area contributed by atoms with Gasteiger partial charge < -0.3 is 15.0 Å². The van der Waals surface area contributed by atoms with Crippen molar-refractivity contribution in [1.29, 1.82) is 0 Å². The van der Waals surface area contributed by atoms with E-state index in [9.17, 15) is 27.3 Å². The van der Waals surface area contributed by atoms with E-state index in [0.29, 0.717) is 29.5 Å². The summed E-state index contributed by atoms with van der Waals surface area (Å²) in [6.07, 6.45) is 1.14. The van der Waals surface area contributed by atoms with Crippen LogP contribution in [0.2, 0.25) is 0 Å². The molecule has 11 nitrogen and oxygen atoms in total. The number of anilines is 1. The van der Waals surface area contributed by atoms with Crippen molar-refractivity contribution in [3.63, 3.8) is 0 Å². The monoisotopic (exact) mass is 713 g/mol. The molecule has 2 aromatic carbocycles. The highest BCUT2D eigenvalue weighted by Gasteiger charge is 2.44. The van der Waals surface area contributed by atoms with E-state index in [2.05, 4.69) is 25.1 Å². The van der Waals surface area contributed by atoms with Gasteiger partial charge in [-0.3, -0.25) is 15.1 Å². The third kappa shape index (κ3) is 8.67. The average molecular weight is 714 g/mol. The van der Waals surface area contributed by atoms with Crippen LogP contribution in [0.5, 0.6) is 0 Å². The molecule has 4 N–H and O–H groups in total. The van der Waals surface area contributed by atoms with Crippen LogP contribution in [0, 0.1) is 11.7 Å². The predicted octanol–water partition coefficient (Wildman–Crippen LogP) is 7.09. The number of benzene rings is 2. The van der Waals surface area contributed by atoms with Crippen molar-refractivity contribution in [2.24, 2.45) is 10.9 Å². The van der Waals surface area contributed by atoms with Crippen molar-refractivity contribution in [2.75, 3.05) is 5.32 Å². The minimum atomic E-state index is -4.92. The van der Waals surface area contributed by atoms with Gasteiger partial charge in [-0.2, -0.15) is 18.3 Å². The van der Waals surface area contributed by atoms with Gasteiger partial charge in [0, 0.05) is 29.8 Å². The summed E-state index contributed by atoms with van der Waals surface area (Å²) in [7, 11) is 0. The summed E-state index contributed by atoms with van der Waals surface area (Å²) in [5.41, 5.74) is -2.13. The number of rotatable bonds is 12. The van der Waals surface area contributed by atoms with Crippen LogP contribution in [0.25, 0.3) is 5.69 Å². The molecular weight excluding hydrogens is 678 g/mol. The summed E-state index contributed by atoms with van der Waals surface area (Å²) >= 11 is -1.61. The highest BCUT2D eigenvalue weighted by molar-refractivity contribution is 7.90. The molecule has 5 rings (SSSR count). The Balaban J connectivity index is 1.56. The minimum absolute atomic E-state index is 0.00521. The number of aromatic nitrogens is 3. The fourth-order valence-electron chi connectivity index (χ4n) is 5.20. The second kappa shape index (κ2) is 14.6. The lowest BCUT2D eigenvalue weighted by Gasteiger charge is -2.38. The zero-order valence-electron chi connectivity index (χ0n) is 27.3. The van der Waals surface area contributed by atoms with E-state index in [1.165, 1.54) is 36.4 Å². The molecule has 50 heavy (non-hydrogen) atoms. The quantitative estimate of drug-likeness (QED) is 0.0529. The van der Waals surface area contributed by atoms with Crippen molar-refractivity contribution in [3.8, 4) is 5.69 Å². The molecule has 2 heterocycles. The van der Waals surface area contributed by atoms with Gasteiger partial charge in [0.25, 0.3) is 5.91 Å². The highest BCUT2D eigenvalue weighted by atomic mass is 32.2. The Morgan fingerprint density at radius 3 is 2.48 bits per heavy atom. The lowest BCUT2D eigenvalue weighted by atomic mass is 9.80. The first-order valence-corrected chi connectivity index (χ1v) is 16.7. The zero-order valence-corrected chi connectivity index (χ0v) is 28.1. The smallest absolute Gasteiger partial charge is 0.435 e. The number of hydrogen-bond acceptors (Lipinski definition) is 7. The molecule has 1 saturated carbocycles. The van der Waals surface area contributed by atoms with Gasteiger partial charge in [-0.15, -0.1) is 4.72 Å². The van der Waals surface area contributed by atoms with E-state index >= 15 is 4.39 Å². The third-order valence-electron chi connectivity index (χ3n) is 8.02. The van der Waals surface area contributed by atoms with Gasteiger partial charge in [-0.25, -0.2) is 18.9 Å². The van der Waals surface area contributed by atoms with E-state index in [4.69, 9.17) is 5.11 Å². The number of alkyl halides is 3. The summed E-state index contributed by atoms with van der Waals surface area (Å²) in [5, 5.41) is 16.7. The molecule has 2 amide bonds. The Bertz CT molecular complexity index is 1880. The summed E-state index contributed by atoms with van der Waals surface area (Å²) in [6, 6.07) is 13.7. The number of carboxylic acid groups (broad SMARTS) is 1. The number of halogens is 4. The maximum Gasteiger partial charge on any atom is 0.435 e. The Morgan fingerprint density at radius 1 is 1.08 bits per heavy atom. The molecule has 0 radical (unpaired) electrons. The maximum atomic E-state index is 15.5. The minimum Gasteiger partial charge on any atom is -0.598 e. The van der Waals surface area contributed by atoms with Crippen LogP contribution in [0.3, 0.4) is 0 Å². The Labute approximate surface area is 288 Å². The Hall–Kier alpha value is -4.80. The van der Waals surface area contributed by atoms with Crippen molar-refractivity contribution < 1.29 is 36.8 Å². The molecule has 2 atom stereocenters. The lowest BCUT2D eigenvalue weighted by Crippen LogP contribution is -2.52. The molecule has 4 aromatic rings. The van der Waals surface area contributed by atoms with E-state index in [1.54, 1.807) is 18.5 Å². The first-order valence-electron chi connectivity index (χ1n) is 15.6. The molecule has 1 unspecified atom stereocenters. The van der Waals surface area contributed by atoms with Gasteiger partial charge in [0.15, 0.2) is 5.69 Å². The molecule has 0 aliphatic heterocycles. The number of hydrogen-bond donors (Lipinski definition) is 4. The first kappa shape index (κ1) is 36.5. The second-order valence-electron chi connectivity index (χ2n) is 12.8. The molecule has 1 fully saturated rings. The van der Waals surface area contributed by atoms with E-state index in [1.807, 2.05) is 32.2 Å². The predicted molar refractivity (Wildman–Crippen MR) is 180 cm³/mol. The molecule has 0 spiro atoms. The molecular formula is C34H35F4N7O4S. The summed E-state index contributed by atoms with van der Waals surface area (Å²) in [5.74, 6) is -1.48. The van der Waals surface area contributed by atoms with Crippen LogP contribution in [-0.4, -0.2) is 47.5 Å². The van der Waals surface area contributed by atoms with Crippen molar-refractivity contribution in [2.45, 2.75) is 62.9 Å². The average Bonchev–Trinajstić information content (AvgIpc) is 3.77. The number of carbonyl (C=O) groups excluding carboxylic acids is 1. The number of nitrogens with zero attached hydrogens (tertiary/aromatic N) is 4. The van der Waals surface area contributed by atoms with Crippen molar-refractivity contribution in [3.05, 3.63) is 101 Å². The van der Waals surface area contributed by atoms with Crippen LogP contribution in [-0.2, 0) is 23.1 Å². The molecule has 1 aliphatic carbocycles. The molecule has 16 heteroatoms. The first-order chi connectivity index (χ1) is 23.6. The summed E-state index contributed by atoms with van der Waals surface area (Å²) < 4.78 is 74.1. The number of pyridine rings is 1. The number of amides is 2. The van der Waals surface area contributed by atoms with Gasteiger partial charge in [-0.1, -0.05) is 31.0 Å². The standard InChI is InChI=1S/C34H35F4N7O4S/c1-32(2,3)50(49)44-33(14-13-21-9-10-21,23-6-5-15-39-19-23)22-11-12-26(35)27(16-22)42-30(46)28-18-29(34(36,37)38)43-45(28)25-8-4-7-24(17-25)40-20-41-31(47)48/h4-8,11-12,15-21,44H,9-10,13-14H2,1-3H3,(H,40,41)(H,42,46)(H,47,48)/t33-,50?/m1/s1. The third-order valence-corrected chi connectivity index (χ3v) is 9.66. The molecule has 0 bridgehead atoms. The fraction of sp³-hybridized carbons (Fsp3) is 0.324. The van der Waals surface area contributed by atoms with Crippen LogP contribution < -0.4 is 15.4 Å². The maximum absolute atomic E-state index is 15.5. The topological polar surface area (TPSA) is 157 Å². The Kier molecular flexibility index (Phi) is 10.6. The van der Waals surface area contributed by atoms with Gasteiger partial charge in [-0.05, 0) is 87.1 Å². The van der Waals surface area contributed by atoms with E-state index in [-0.39, 0.29) is 17.1 Å². The SMILES string of the molecule is CC(C)(C)[S+]([O-])N[C@@](CCC1CC1)(c1cccnc1)c1ccc(F)c(NC(=O)c2cc(C(F)(F)F)nn2-c2cccc(N=CNC(=O)O)c2)c1. The molecule has 0 saturated heterocycles. The van der Waals surface area contributed by atoms with Gasteiger partial charge >= 0.3 is 12.3 Å². The zero-order chi connectivity index (χ0) is 36.3. The fourth-order valence-corrected chi connectivity index (χ4v) is 6.16. The number of aliphatic imine (C=N–C) groups is 1. The molecule has 2 aromatic heterocycles. The van der Waals surface area contributed by atoms with Crippen LogP contribution >= 0.6 is 0 Å². The van der Waals surface area contributed by atoms with E-state index in [0.717, 1.165) is 36.3 Å². The van der Waals surface area contributed by atoms with Crippen LogP contribution in [0.1, 0.15) is 73.8 Å². The van der Waals surface area contributed by atoms with E-state index < -0.39 is 57.0 Å². The highest BCUT2D eigenvalue weighted by Crippen LogP contribution is 2.43. The molecule has 1 aliphatic rings. The summed E-state index contributed by atoms with van der Waals surface area (Å²) in [4.78, 5) is 32.6. The van der Waals surface area contributed by atoms with Gasteiger partial charge in [0.05, 0.1) is 23.4 Å². The van der Waals surface area contributed by atoms with Gasteiger partial charge in [0.1, 0.15) is 21.8 Å². The normalized spacial score (nSPS) is 15.4. The van der Waals surface area contributed by atoms with Crippen molar-refractivity contribution >= 4 is 41.1 Å². The summed E-state index contributed by atoms with van der Waals surface area (Å²) in [6.45, 7) is 5.44. The van der Waals surface area contributed by atoms with Gasteiger partial charge in [0.2, 0.25) is 0 Å². The van der Waals surface area contributed by atoms with Crippen molar-refractivity contribution in [1.82, 2.24) is 24.8 Å². The lowest BCUT2D eigenvalue weighted by molar-refractivity contribution is -0.141. The van der Waals surface area contributed by atoms with Crippen LogP contribution in [0.4, 0.5) is 33.7 Å². The second-order valence-corrected chi connectivity index (χ2v) is 14.8. The molecule has 264 valence electrons.